The fourth-order valence-corrected chi connectivity index (χ4v) is 4.06. The van der Waals surface area contributed by atoms with Crippen LogP contribution in [0.3, 0.4) is 0 Å². The van der Waals surface area contributed by atoms with Gasteiger partial charge in [-0.15, -0.1) is 11.3 Å². The van der Waals surface area contributed by atoms with Crippen molar-refractivity contribution in [3.63, 3.8) is 0 Å². The zero-order valence-corrected chi connectivity index (χ0v) is 16.1. The third kappa shape index (κ3) is 3.70. The second kappa shape index (κ2) is 7.83. The molecule has 0 aliphatic rings. The van der Waals surface area contributed by atoms with Crippen molar-refractivity contribution < 1.29 is 4.79 Å². The standard InChI is InChI=1S/C20H23N3O2S/c1-4-8-16(15-9-6-5-7-10-15)22-17(24)11-23-12-21-19-18(20(23)25)13(2)14(3)26-19/h5-7,9-10,12,16H,4,8,11H2,1-3H3,(H,22,24). The van der Waals surface area contributed by atoms with Crippen LogP contribution in [0.1, 0.15) is 41.8 Å². The van der Waals surface area contributed by atoms with E-state index in [1.807, 2.05) is 44.2 Å². The normalized spacial score (nSPS) is 12.3. The molecule has 2 aromatic heterocycles. The van der Waals surface area contributed by atoms with Gasteiger partial charge in [-0.25, -0.2) is 4.98 Å². The van der Waals surface area contributed by atoms with Crippen molar-refractivity contribution >= 4 is 27.5 Å². The molecular formula is C20H23N3O2S. The summed E-state index contributed by atoms with van der Waals surface area (Å²) in [6.45, 7) is 5.97. The summed E-state index contributed by atoms with van der Waals surface area (Å²) >= 11 is 1.51. The zero-order valence-electron chi connectivity index (χ0n) is 15.3. The number of aromatic nitrogens is 2. The van der Waals surface area contributed by atoms with Crippen LogP contribution in [0.15, 0.2) is 41.5 Å². The van der Waals surface area contributed by atoms with Crippen molar-refractivity contribution in [2.45, 2.75) is 46.2 Å². The van der Waals surface area contributed by atoms with Gasteiger partial charge in [0.05, 0.1) is 17.8 Å². The lowest BCUT2D eigenvalue weighted by Crippen LogP contribution is -2.34. The lowest BCUT2D eigenvalue weighted by molar-refractivity contribution is -0.122. The molecule has 1 unspecified atom stereocenters. The Bertz CT molecular complexity index is 976. The lowest BCUT2D eigenvalue weighted by Gasteiger charge is -2.19. The van der Waals surface area contributed by atoms with E-state index in [1.54, 1.807) is 0 Å². The molecule has 0 fully saturated rings. The van der Waals surface area contributed by atoms with E-state index in [1.165, 1.54) is 22.2 Å². The number of amides is 1. The van der Waals surface area contributed by atoms with Gasteiger partial charge in [-0.2, -0.15) is 0 Å². The summed E-state index contributed by atoms with van der Waals surface area (Å²) in [6.07, 6.45) is 3.28. The molecule has 1 atom stereocenters. The lowest BCUT2D eigenvalue weighted by atomic mass is 10.0. The first-order valence-electron chi connectivity index (χ1n) is 8.80. The van der Waals surface area contributed by atoms with E-state index in [-0.39, 0.29) is 24.1 Å². The van der Waals surface area contributed by atoms with Crippen LogP contribution < -0.4 is 10.9 Å². The summed E-state index contributed by atoms with van der Waals surface area (Å²) in [5.74, 6) is -0.180. The first kappa shape index (κ1) is 18.3. The number of rotatable bonds is 6. The van der Waals surface area contributed by atoms with Crippen LogP contribution in [-0.2, 0) is 11.3 Å². The highest BCUT2D eigenvalue weighted by Crippen LogP contribution is 2.25. The fourth-order valence-electron chi connectivity index (χ4n) is 3.07. The average Bonchev–Trinajstić information content (AvgIpc) is 2.93. The van der Waals surface area contributed by atoms with Crippen molar-refractivity contribution in [3.05, 3.63) is 63.0 Å². The van der Waals surface area contributed by atoms with E-state index in [9.17, 15) is 9.59 Å². The van der Waals surface area contributed by atoms with Gasteiger partial charge in [0.2, 0.25) is 5.91 Å². The van der Waals surface area contributed by atoms with Crippen LogP contribution in [0, 0.1) is 13.8 Å². The van der Waals surface area contributed by atoms with E-state index in [4.69, 9.17) is 0 Å². The highest BCUT2D eigenvalue weighted by molar-refractivity contribution is 7.18. The molecule has 1 aromatic carbocycles. The van der Waals surface area contributed by atoms with Crippen LogP contribution in [0.2, 0.25) is 0 Å². The van der Waals surface area contributed by atoms with Gasteiger partial charge in [0, 0.05) is 4.88 Å². The second-order valence-electron chi connectivity index (χ2n) is 6.46. The number of nitrogens with one attached hydrogen (secondary N) is 1. The Labute approximate surface area is 156 Å². The molecule has 0 bridgehead atoms. The third-order valence-corrected chi connectivity index (χ3v) is 5.70. The van der Waals surface area contributed by atoms with E-state index >= 15 is 0 Å². The van der Waals surface area contributed by atoms with E-state index in [2.05, 4.69) is 17.2 Å². The first-order valence-corrected chi connectivity index (χ1v) is 9.62. The highest BCUT2D eigenvalue weighted by atomic mass is 32.1. The molecule has 0 saturated carbocycles. The molecule has 1 N–H and O–H groups in total. The molecule has 0 aliphatic heterocycles. The number of aryl methyl sites for hydroxylation is 2. The zero-order chi connectivity index (χ0) is 18.7. The number of benzene rings is 1. The van der Waals surface area contributed by atoms with Crippen LogP contribution >= 0.6 is 11.3 Å². The number of hydrogen-bond acceptors (Lipinski definition) is 4. The van der Waals surface area contributed by atoms with Crippen LogP contribution in [-0.4, -0.2) is 15.5 Å². The molecule has 0 saturated heterocycles. The van der Waals surface area contributed by atoms with Crippen molar-refractivity contribution in [1.82, 2.24) is 14.9 Å². The number of hydrogen-bond donors (Lipinski definition) is 1. The molecule has 1 amide bonds. The van der Waals surface area contributed by atoms with Crippen molar-refractivity contribution in [1.29, 1.82) is 0 Å². The van der Waals surface area contributed by atoms with Crippen LogP contribution in [0.4, 0.5) is 0 Å². The van der Waals surface area contributed by atoms with E-state index < -0.39 is 0 Å². The largest absolute Gasteiger partial charge is 0.348 e. The van der Waals surface area contributed by atoms with Gasteiger partial charge < -0.3 is 5.32 Å². The smallest absolute Gasteiger partial charge is 0.262 e. The maximum atomic E-state index is 12.7. The van der Waals surface area contributed by atoms with Crippen LogP contribution in [0.5, 0.6) is 0 Å². The first-order chi connectivity index (χ1) is 12.5. The predicted octanol–water partition coefficient (Wildman–Crippen LogP) is 3.73. The maximum absolute atomic E-state index is 12.7. The van der Waals surface area contributed by atoms with Gasteiger partial charge in [-0.1, -0.05) is 43.7 Å². The average molecular weight is 369 g/mol. The van der Waals surface area contributed by atoms with Gasteiger partial charge in [0.1, 0.15) is 11.4 Å². The summed E-state index contributed by atoms with van der Waals surface area (Å²) in [4.78, 5) is 31.4. The summed E-state index contributed by atoms with van der Waals surface area (Å²) in [7, 11) is 0. The SMILES string of the molecule is CCCC(NC(=O)Cn1cnc2sc(C)c(C)c2c1=O)c1ccccc1. The van der Waals surface area contributed by atoms with Crippen molar-refractivity contribution in [3.8, 4) is 0 Å². The summed E-state index contributed by atoms with van der Waals surface area (Å²) in [5, 5.41) is 3.68. The molecule has 136 valence electrons. The number of carbonyl (C=O) groups is 1. The summed E-state index contributed by atoms with van der Waals surface area (Å²) in [5.41, 5.74) is 1.87. The molecule has 0 spiro atoms. The Hall–Kier alpha value is -2.47. The Morgan fingerprint density at radius 2 is 2.00 bits per heavy atom. The molecule has 0 radical (unpaired) electrons. The number of fused-ring (bicyclic) bond motifs is 1. The van der Waals surface area contributed by atoms with Gasteiger partial charge in [0.25, 0.3) is 5.56 Å². The molecule has 3 aromatic rings. The minimum absolute atomic E-state index is 0.0246. The van der Waals surface area contributed by atoms with Gasteiger partial charge in [-0.3, -0.25) is 14.2 Å². The third-order valence-electron chi connectivity index (χ3n) is 4.58. The molecule has 0 aliphatic carbocycles. The number of thiophene rings is 1. The van der Waals surface area contributed by atoms with Gasteiger partial charge in [0.15, 0.2) is 0 Å². The number of carbonyl (C=O) groups excluding carboxylic acids is 1. The Morgan fingerprint density at radius 1 is 1.27 bits per heavy atom. The predicted molar refractivity (Wildman–Crippen MR) is 106 cm³/mol. The van der Waals surface area contributed by atoms with Crippen molar-refractivity contribution in [2.24, 2.45) is 0 Å². The molecule has 5 nitrogen and oxygen atoms in total. The summed E-state index contributed by atoms with van der Waals surface area (Å²) in [6, 6.07) is 9.86. The highest BCUT2D eigenvalue weighted by Gasteiger charge is 2.16. The molecule has 26 heavy (non-hydrogen) atoms. The molecule has 6 heteroatoms. The topological polar surface area (TPSA) is 64.0 Å². The molecule has 2 heterocycles. The van der Waals surface area contributed by atoms with Crippen molar-refractivity contribution in [2.75, 3.05) is 0 Å². The van der Waals surface area contributed by atoms with Gasteiger partial charge in [-0.05, 0) is 31.4 Å². The summed E-state index contributed by atoms with van der Waals surface area (Å²) < 4.78 is 1.39. The minimum atomic E-state index is -0.180. The Morgan fingerprint density at radius 3 is 2.69 bits per heavy atom. The Kier molecular flexibility index (Phi) is 5.52. The molecule has 3 rings (SSSR count). The van der Waals surface area contributed by atoms with Crippen LogP contribution in [0.25, 0.3) is 10.2 Å². The fraction of sp³-hybridized carbons (Fsp3) is 0.350. The maximum Gasteiger partial charge on any atom is 0.262 e. The second-order valence-corrected chi connectivity index (χ2v) is 7.66. The molecular weight excluding hydrogens is 346 g/mol. The number of nitrogens with zero attached hydrogens (tertiary/aromatic N) is 2. The van der Waals surface area contributed by atoms with E-state index in [0.29, 0.717) is 5.39 Å². The quantitative estimate of drug-likeness (QED) is 0.720. The van der Waals surface area contributed by atoms with E-state index in [0.717, 1.165) is 33.7 Å². The minimum Gasteiger partial charge on any atom is -0.348 e. The monoisotopic (exact) mass is 369 g/mol. The van der Waals surface area contributed by atoms with Gasteiger partial charge >= 0.3 is 0 Å². The Balaban J connectivity index is 1.81.